The van der Waals surface area contributed by atoms with E-state index in [4.69, 9.17) is 24.8 Å². The number of hydrogen-bond donors (Lipinski definition) is 1. The predicted octanol–water partition coefficient (Wildman–Crippen LogP) is 0.244. The Bertz CT molecular complexity index is 463. The van der Waals surface area contributed by atoms with Crippen LogP contribution in [0.2, 0.25) is 0 Å². The first kappa shape index (κ1) is 17.2. The Labute approximate surface area is 168 Å². The predicted molar refractivity (Wildman–Crippen MR) is 82.7 cm³/mol. The summed E-state index contributed by atoms with van der Waals surface area (Å²) in [4.78, 5) is 0. The molecule has 0 aromatic heterocycles. The molecular weight excluding hydrogens is 297 g/mol. The summed E-state index contributed by atoms with van der Waals surface area (Å²) in [6.45, 7) is 0.732. The second kappa shape index (κ2) is 9.18. The van der Waals surface area contributed by atoms with Crippen LogP contribution in [-0.2, 0) is 12.6 Å². The van der Waals surface area contributed by atoms with E-state index in [-0.39, 0.29) is 57.3 Å². The molecule has 2 aromatic rings. The van der Waals surface area contributed by atoms with Crippen LogP contribution >= 0.6 is 12.2 Å². The van der Waals surface area contributed by atoms with E-state index in [2.05, 4.69) is 53.8 Å². The molecule has 0 unspecified atom stereocenters. The molecule has 0 saturated heterocycles. The molecule has 0 aliphatic rings. The molecular formula is C15H14KNS2. The van der Waals surface area contributed by atoms with Crippen LogP contribution in [0.3, 0.4) is 0 Å². The minimum atomic E-state index is 0. The van der Waals surface area contributed by atoms with Gasteiger partial charge in [0, 0.05) is 12.5 Å². The maximum Gasteiger partial charge on any atom is 1.00 e. The summed E-state index contributed by atoms with van der Waals surface area (Å²) >= 11 is 9.84. The summed E-state index contributed by atoms with van der Waals surface area (Å²) in [6.07, 6.45) is 0. The van der Waals surface area contributed by atoms with Gasteiger partial charge in [-0.25, -0.2) is 0 Å². The minimum Gasteiger partial charge on any atom is -0.412 e. The molecule has 0 atom stereocenters. The SMILES string of the molecule is S=C([S-])NCC(c1ccccc1)c1ccccc1.[K+]. The molecule has 19 heavy (non-hydrogen) atoms. The van der Waals surface area contributed by atoms with Crippen LogP contribution in [-0.4, -0.2) is 10.9 Å². The minimum absolute atomic E-state index is 0. The summed E-state index contributed by atoms with van der Waals surface area (Å²) in [7, 11) is 0. The molecule has 0 amide bonds. The number of benzene rings is 2. The molecule has 0 aliphatic heterocycles. The average molecular weight is 312 g/mol. The molecule has 2 aromatic carbocycles. The largest absolute Gasteiger partial charge is 1.00 e. The van der Waals surface area contributed by atoms with Gasteiger partial charge in [0.1, 0.15) is 0 Å². The zero-order valence-corrected chi connectivity index (χ0v) is 15.6. The Kier molecular flexibility index (Phi) is 8.33. The van der Waals surface area contributed by atoms with Gasteiger partial charge in [-0.05, 0) is 11.1 Å². The molecule has 2 rings (SSSR count). The molecule has 0 spiro atoms. The second-order valence-corrected chi connectivity index (χ2v) is 5.12. The van der Waals surface area contributed by atoms with Crippen LogP contribution < -0.4 is 56.7 Å². The van der Waals surface area contributed by atoms with E-state index in [1.165, 1.54) is 11.1 Å². The number of rotatable bonds is 4. The van der Waals surface area contributed by atoms with Crippen molar-refractivity contribution in [2.24, 2.45) is 0 Å². The molecule has 1 N–H and O–H groups in total. The summed E-state index contributed by atoms with van der Waals surface area (Å²) < 4.78 is 0.423. The van der Waals surface area contributed by atoms with Crippen LogP contribution in [0.25, 0.3) is 0 Å². The van der Waals surface area contributed by atoms with Crippen molar-refractivity contribution in [2.75, 3.05) is 6.54 Å². The third-order valence-electron chi connectivity index (χ3n) is 2.85. The normalized spacial score (nSPS) is 9.74. The first-order valence-electron chi connectivity index (χ1n) is 5.82. The smallest absolute Gasteiger partial charge is 0.412 e. The summed E-state index contributed by atoms with van der Waals surface area (Å²) in [5.41, 5.74) is 2.53. The van der Waals surface area contributed by atoms with Crippen LogP contribution in [0.4, 0.5) is 0 Å². The van der Waals surface area contributed by atoms with Gasteiger partial charge < -0.3 is 30.2 Å². The van der Waals surface area contributed by atoms with E-state index < -0.39 is 0 Å². The van der Waals surface area contributed by atoms with Crippen LogP contribution in [0.15, 0.2) is 60.7 Å². The van der Waals surface area contributed by atoms with Crippen molar-refractivity contribution < 1.29 is 51.4 Å². The number of thiocarbonyl (C=S) groups is 1. The molecule has 0 bridgehead atoms. The Morgan fingerprint density at radius 3 is 1.74 bits per heavy atom. The molecule has 4 heteroatoms. The molecule has 0 radical (unpaired) electrons. The van der Waals surface area contributed by atoms with Crippen LogP contribution in [0, 0.1) is 0 Å². The molecule has 1 nitrogen and oxygen atoms in total. The quantitative estimate of drug-likeness (QED) is 0.494. The third kappa shape index (κ3) is 5.59. The van der Waals surface area contributed by atoms with Gasteiger partial charge in [0.05, 0.1) is 0 Å². The van der Waals surface area contributed by atoms with Crippen LogP contribution in [0.5, 0.6) is 0 Å². The molecule has 0 saturated carbocycles. The zero-order chi connectivity index (χ0) is 12.8. The fourth-order valence-electron chi connectivity index (χ4n) is 1.98. The van der Waals surface area contributed by atoms with Gasteiger partial charge >= 0.3 is 51.4 Å². The first-order chi connectivity index (χ1) is 8.77. The van der Waals surface area contributed by atoms with Crippen LogP contribution in [0.1, 0.15) is 17.0 Å². The summed E-state index contributed by atoms with van der Waals surface area (Å²) in [5, 5.41) is 3.09. The number of hydrogen-bond acceptors (Lipinski definition) is 2. The van der Waals surface area contributed by atoms with E-state index >= 15 is 0 Å². The van der Waals surface area contributed by atoms with Gasteiger partial charge in [-0.15, -0.1) is 0 Å². The van der Waals surface area contributed by atoms with Gasteiger partial charge in [-0.1, -0.05) is 65.0 Å². The van der Waals surface area contributed by atoms with E-state index in [0.717, 1.165) is 6.54 Å². The Morgan fingerprint density at radius 2 is 1.37 bits per heavy atom. The maximum atomic E-state index is 4.92. The topological polar surface area (TPSA) is 12.0 Å². The Morgan fingerprint density at radius 1 is 0.947 bits per heavy atom. The van der Waals surface area contributed by atoms with E-state index in [1.807, 2.05) is 12.1 Å². The molecule has 92 valence electrons. The monoisotopic (exact) mass is 311 g/mol. The van der Waals surface area contributed by atoms with Crippen molar-refractivity contribution in [3.05, 3.63) is 71.8 Å². The van der Waals surface area contributed by atoms with E-state index in [9.17, 15) is 0 Å². The average Bonchev–Trinajstić information content (AvgIpc) is 2.41. The van der Waals surface area contributed by atoms with E-state index in [0.29, 0.717) is 4.32 Å². The first-order valence-corrected chi connectivity index (χ1v) is 6.64. The van der Waals surface area contributed by atoms with Gasteiger partial charge in [0.15, 0.2) is 0 Å². The standard InChI is InChI=1S/C15H15NS2.K/c17-15(18)16-11-14(12-7-3-1-4-8-12)13-9-5-2-6-10-13;/h1-10,14H,11H2,(H2,16,17,18);/q;+1/p-1. The van der Waals surface area contributed by atoms with E-state index in [1.54, 1.807) is 0 Å². The van der Waals surface area contributed by atoms with Gasteiger partial charge in [0.25, 0.3) is 0 Å². The fraction of sp³-hybridized carbons (Fsp3) is 0.133. The van der Waals surface area contributed by atoms with Crippen molar-refractivity contribution in [1.29, 1.82) is 0 Å². The molecule has 0 aliphatic carbocycles. The second-order valence-electron chi connectivity index (χ2n) is 4.04. The molecule has 0 heterocycles. The third-order valence-corrected chi connectivity index (χ3v) is 3.14. The van der Waals surface area contributed by atoms with Crippen molar-refractivity contribution in [3.63, 3.8) is 0 Å². The van der Waals surface area contributed by atoms with Gasteiger partial charge in [-0.2, -0.15) is 0 Å². The summed E-state index contributed by atoms with van der Waals surface area (Å²) in [5.74, 6) is 0.272. The van der Waals surface area contributed by atoms with Crippen molar-refractivity contribution in [1.82, 2.24) is 5.32 Å². The van der Waals surface area contributed by atoms with Crippen molar-refractivity contribution in [2.45, 2.75) is 5.92 Å². The van der Waals surface area contributed by atoms with Crippen molar-refractivity contribution >= 4 is 29.2 Å². The van der Waals surface area contributed by atoms with Gasteiger partial charge in [-0.3, -0.25) is 0 Å². The Hall–Kier alpha value is 0.186. The fourth-order valence-corrected chi connectivity index (χ4v) is 2.15. The van der Waals surface area contributed by atoms with Gasteiger partial charge in [0.2, 0.25) is 0 Å². The zero-order valence-electron chi connectivity index (χ0n) is 10.9. The Balaban J connectivity index is 0.00000180. The molecule has 0 fully saturated rings. The number of nitrogens with one attached hydrogen (secondary N) is 1. The van der Waals surface area contributed by atoms with Crippen molar-refractivity contribution in [3.8, 4) is 0 Å². The maximum absolute atomic E-state index is 4.92. The summed E-state index contributed by atoms with van der Waals surface area (Å²) in [6, 6.07) is 20.8.